The molecule has 0 bridgehead atoms. The van der Waals surface area contributed by atoms with Gasteiger partial charge in [0.1, 0.15) is 5.75 Å². The molecule has 0 saturated heterocycles. The van der Waals surface area contributed by atoms with Crippen LogP contribution >= 0.6 is 15.9 Å². The number of hydrazone groups is 1. The summed E-state index contributed by atoms with van der Waals surface area (Å²) in [6, 6.07) is 12.4. The lowest BCUT2D eigenvalue weighted by Crippen LogP contribution is -2.20. The molecule has 3 N–H and O–H groups in total. The van der Waals surface area contributed by atoms with Gasteiger partial charge in [-0.1, -0.05) is 34.1 Å². The molecule has 0 atom stereocenters. The van der Waals surface area contributed by atoms with E-state index in [4.69, 9.17) is 0 Å². The van der Waals surface area contributed by atoms with Crippen LogP contribution in [0.15, 0.2) is 64.7 Å². The van der Waals surface area contributed by atoms with Gasteiger partial charge in [-0.25, -0.2) is 5.43 Å². The number of nitrogens with one attached hydrogen (secondary N) is 2. The monoisotopic (exact) mass is 429 g/mol. The highest BCUT2D eigenvalue weighted by atomic mass is 79.9. The van der Waals surface area contributed by atoms with Crippen LogP contribution in [0, 0.1) is 0 Å². The molecule has 0 aliphatic rings. The smallest absolute Gasteiger partial charge is 0.240 e. The van der Waals surface area contributed by atoms with Gasteiger partial charge in [0.05, 0.1) is 6.21 Å². The fourth-order valence-electron chi connectivity index (χ4n) is 2.25. The van der Waals surface area contributed by atoms with E-state index < -0.39 is 0 Å². The Balaban J connectivity index is 1.79. The van der Waals surface area contributed by atoms with E-state index in [1.54, 1.807) is 36.4 Å². The Hall–Kier alpha value is -2.93. The molecule has 140 valence electrons. The van der Waals surface area contributed by atoms with Gasteiger partial charge in [0.25, 0.3) is 0 Å². The van der Waals surface area contributed by atoms with Crippen molar-refractivity contribution in [2.24, 2.45) is 5.10 Å². The number of nitrogens with zero attached hydrogens (tertiary/aromatic N) is 1. The molecular weight excluding hydrogens is 410 g/mol. The van der Waals surface area contributed by atoms with E-state index in [-0.39, 0.29) is 30.4 Å². The van der Waals surface area contributed by atoms with Gasteiger partial charge < -0.3 is 10.4 Å². The number of anilines is 1. The molecular formula is C20H20BrN3O3. The third-order valence-corrected chi connectivity index (χ3v) is 4.14. The summed E-state index contributed by atoms with van der Waals surface area (Å²) in [5, 5.41) is 16.7. The average Bonchev–Trinajstić information content (AvgIpc) is 2.65. The maximum Gasteiger partial charge on any atom is 0.240 e. The minimum atomic E-state index is -0.390. The minimum absolute atomic E-state index is 0.00217. The van der Waals surface area contributed by atoms with Gasteiger partial charge in [0, 0.05) is 28.6 Å². The molecule has 2 aromatic carbocycles. The average molecular weight is 430 g/mol. The van der Waals surface area contributed by atoms with Crippen molar-refractivity contribution in [1.82, 2.24) is 5.43 Å². The Kier molecular flexibility index (Phi) is 7.76. The molecule has 2 amide bonds. The van der Waals surface area contributed by atoms with Gasteiger partial charge in [0.15, 0.2) is 0 Å². The Labute approximate surface area is 166 Å². The second-order valence-corrected chi connectivity index (χ2v) is 6.61. The Bertz CT molecular complexity index is 848. The molecule has 27 heavy (non-hydrogen) atoms. The number of halogens is 1. The first-order valence-corrected chi connectivity index (χ1v) is 9.08. The van der Waals surface area contributed by atoms with Gasteiger partial charge in [-0.05, 0) is 42.3 Å². The summed E-state index contributed by atoms with van der Waals surface area (Å²) < 4.78 is 0.916. The fourth-order valence-corrected chi connectivity index (χ4v) is 2.51. The number of aromatic hydroxyl groups is 1. The lowest BCUT2D eigenvalue weighted by molar-refractivity contribution is -0.124. The van der Waals surface area contributed by atoms with Crippen LogP contribution in [-0.4, -0.2) is 23.1 Å². The highest BCUT2D eigenvalue weighted by Gasteiger charge is 2.07. The number of amides is 2. The largest absolute Gasteiger partial charge is 0.507 e. The number of para-hydroxylation sites is 1. The molecule has 0 aromatic heterocycles. The lowest BCUT2D eigenvalue weighted by atomic mass is 10.1. The third kappa shape index (κ3) is 6.71. The van der Waals surface area contributed by atoms with Crippen molar-refractivity contribution < 1.29 is 14.7 Å². The normalized spacial score (nSPS) is 10.6. The number of carbonyl (C=O) groups excluding carboxylic acids is 2. The SMILES string of the molecule is C=CCc1cccc(/C=N\NC(=O)CCC(=O)Nc2ccc(Br)cc2)c1O. The maximum absolute atomic E-state index is 11.9. The Morgan fingerprint density at radius 1 is 1.11 bits per heavy atom. The lowest BCUT2D eigenvalue weighted by Gasteiger charge is -2.05. The molecule has 0 aliphatic carbocycles. The molecule has 0 fully saturated rings. The Morgan fingerprint density at radius 2 is 1.81 bits per heavy atom. The standard InChI is InChI=1S/C20H20BrN3O3/c1-2-4-14-5-3-6-15(20(14)27)13-22-24-19(26)12-11-18(25)23-17-9-7-16(21)8-10-17/h2-3,5-10,13,27H,1,4,11-12H2,(H,23,25)(H,24,26)/b22-13-. The topological polar surface area (TPSA) is 90.8 Å². The summed E-state index contributed by atoms with van der Waals surface area (Å²) in [6.45, 7) is 3.64. The van der Waals surface area contributed by atoms with E-state index in [9.17, 15) is 14.7 Å². The van der Waals surface area contributed by atoms with Crippen LogP contribution in [-0.2, 0) is 16.0 Å². The zero-order valence-corrected chi connectivity index (χ0v) is 16.2. The molecule has 2 aromatic rings. The van der Waals surface area contributed by atoms with Crippen LogP contribution < -0.4 is 10.7 Å². The number of carbonyl (C=O) groups is 2. The highest BCUT2D eigenvalue weighted by Crippen LogP contribution is 2.21. The zero-order chi connectivity index (χ0) is 19.6. The van der Waals surface area contributed by atoms with Crippen molar-refractivity contribution in [3.8, 4) is 5.75 Å². The van der Waals surface area contributed by atoms with E-state index in [1.807, 2.05) is 12.1 Å². The van der Waals surface area contributed by atoms with Crippen LogP contribution in [0.3, 0.4) is 0 Å². The van der Waals surface area contributed by atoms with Gasteiger partial charge in [-0.3, -0.25) is 9.59 Å². The predicted octanol–water partition coefficient (Wildman–Crippen LogP) is 3.75. The van der Waals surface area contributed by atoms with Crippen molar-refractivity contribution in [3.63, 3.8) is 0 Å². The first kappa shape index (κ1) is 20.4. The van der Waals surface area contributed by atoms with E-state index >= 15 is 0 Å². The van der Waals surface area contributed by atoms with Crippen LogP contribution in [0.4, 0.5) is 5.69 Å². The molecule has 0 radical (unpaired) electrons. The number of phenols is 1. The van der Waals surface area contributed by atoms with Crippen LogP contribution in [0.2, 0.25) is 0 Å². The molecule has 0 unspecified atom stereocenters. The summed E-state index contributed by atoms with van der Waals surface area (Å²) in [4.78, 5) is 23.7. The second kappa shape index (κ2) is 10.3. The Morgan fingerprint density at radius 3 is 2.52 bits per heavy atom. The number of hydrogen-bond donors (Lipinski definition) is 3. The van der Waals surface area contributed by atoms with Crippen LogP contribution in [0.1, 0.15) is 24.0 Å². The third-order valence-electron chi connectivity index (χ3n) is 3.62. The van der Waals surface area contributed by atoms with Crippen LogP contribution in [0.5, 0.6) is 5.75 Å². The van der Waals surface area contributed by atoms with Gasteiger partial charge in [-0.2, -0.15) is 5.10 Å². The number of allylic oxidation sites excluding steroid dienone is 1. The van der Waals surface area contributed by atoms with E-state index in [0.717, 1.165) is 10.0 Å². The molecule has 7 heteroatoms. The maximum atomic E-state index is 11.9. The first-order valence-electron chi connectivity index (χ1n) is 8.28. The van der Waals surface area contributed by atoms with Crippen LogP contribution in [0.25, 0.3) is 0 Å². The van der Waals surface area contributed by atoms with E-state index in [2.05, 4.69) is 38.4 Å². The molecule has 0 aliphatic heterocycles. The summed E-state index contributed by atoms with van der Waals surface area (Å²) in [5.41, 5.74) is 4.23. The number of phenolic OH excluding ortho intramolecular Hbond substituents is 1. The zero-order valence-electron chi connectivity index (χ0n) is 14.6. The number of rotatable bonds is 8. The predicted molar refractivity (Wildman–Crippen MR) is 110 cm³/mol. The van der Waals surface area contributed by atoms with Gasteiger partial charge >= 0.3 is 0 Å². The van der Waals surface area contributed by atoms with Crippen molar-refractivity contribution >= 4 is 39.6 Å². The van der Waals surface area contributed by atoms with Crippen molar-refractivity contribution in [1.29, 1.82) is 0 Å². The minimum Gasteiger partial charge on any atom is -0.507 e. The quantitative estimate of drug-likeness (QED) is 0.339. The summed E-state index contributed by atoms with van der Waals surface area (Å²) in [7, 11) is 0. The molecule has 0 saturated carbocycles. The van der Waals surface area contributed by atoms with Crippen molar-refractivity contribution in [3.05, 3.63) is 70.7 Å². The fraction of sp³-hybridized carbons (Fsp3) is 0.150. The molecule has 2 rings (SSSR count). The van der Waals surface area contributed by atoms with Crippen molar-refractivity contribution in [2.45, 2.75) is 19.3 Å². The molecule has 0 heterocycles. The van der Waals surface area contributed by atoms with Gasteiger partial charge in [0.2, 0.25) is 11.8 Å². The summed E-state index contributed by atoms with van der Waals surface area (Å²) >= 11 is 3.32. The van der Waals surface area contributed by atoms with E-state index in [0.29, 0.717) is 17.7 Å². The summed E-state index contributed by atoms with van der Waals surface area (Å²) in [6.07, 6.45) is 3.63. The summed E-state index contributed by atoms with van der Waals surface area (Å²) in [5.74, 6) is -0.547. The van der Waals surface area contributed by atoms with E-state index in [1.165, 1.54) is 6.21 Å². The first-order chi connectivity index (χ1) is 13.0. The second-order valence-electron chi connectivity index (χ2n) is 5.70. The van der Waals surface area contributed by atoms with Gasteiger partial charge in [-0.15, -0.1) is 6.58 Å². The van der Waals surface area contributed by atoms with Crippen molar-refractivity contribution in [2.75, 3.05) is 5.32 Å². The molecule has 0 spiro atoms. The number of hydrogen-bond acceptors (Lipinski definition) is 4. The highest BCUT2D eigenvalue weighted by molar-refractivity contribution is 9.10. The molecule has 6 nitrogen and oxygen atoms in total. The number of benzene rings is 2.